The van der Waals surface area contributed by atoms with Crippen molar-refractivity contribution in [2.45, 2.75) is 6.42 Å². The lowest BCUT2D eigenvalue weighted by atomic mass is 10.1. The molecule has 2 aromatic carbocycles. The summed E-state index contributed by atoms with van der Waals surface area (Å²) in [5, 5.41) is 0. The average molecular weight is 328 g/mol. The molecule has 0 aromatic heterocycles. The fourth-order valence-corrected chi connectivity index (χ4v) is 2.26. The standard InChI is InChI=1S/C18H16O6/c1-21-14-5-2-12(3-6-14)8-18(20)22-10-15(19)13-4-7-16-17(9-13)24-11-23-16/h2-7,9H,8,10-11H2,1H3. The number of methoxy groups -OCH3 is 1. The van der Waals surface area contributed by atoms with Crippen LogP contribution in [0.2, 0.25) is 0 Å². The van der Waals surface area contributed by atoms with E-state index in [2.05, 4.69) is 0 Å². The molecule has 0 amide bonds. The zero-order valence-electron chi connectivity index (χ0n) is 13.1. The zero-order valence-corrected chi connectivity index (χ0v) is 13.1. The monoisotopic (exact) mass is 328 g/mol. The van der Waals surface area contributed by atoms with Gasteiger partial charge in [-0.15, -0.1) is 0 Å². The molecular weight excluding hydrogens is 312 g/mol. The maximum Gasteiger partial charge on any atom is 0.310 e. The van der Waals surface area contributed by atoms with Crippen LogP contribution in [0.5, 0.6) is 17.2 Å². The molecular formula is C18H16O6. The van der Waals surface area contributed by atoms with Crippen molar-refractivity contribution in [2.24, 2.45) is 0 Å². The van der Waals surface area contributed by atoms with E-state index < -0.39 is 5.97 Å². The van der Waals surface area contributed by atoms with Crippen LogP contribution in [0.25, 0.3) is 0 Å². The molecule has 0 saturated heterocycles. The summed E-state index contributed by atoms with van der Waals surface area (Å²) in [4.78, 5) is 23.9. The Morgan fingerprint density at radius 3 is 2.54 bits per heavy atom. The Hall–Kier alpha value is -3.02. The fourth-order valence-electron chi connectivity index (χ4n) is 2.26. The third-order valence-corrected chi connectivity index (χ3v) is 3.57. The average Bonchev–Trinajstić information content (AvgIpc) is 3.08. The maximum atomic E-state index is 12.1. The third kappa shape index (κ3) is 3.65. The molecule has 1 aliphatic heterocycles. The van der Waals surface area contributed by atoms with Gasteiger partial charge in [0.1, 0.15) is 5.75 Å². The van der Waals surface area contributed by atoms with Gasteiger partial charge in [-0.25, -0.2) is 0 Å². The molecule has 0 fully saturated rings. The van der Waals surface area contributed by atoms with Crippen LogP contribution in [0.3, 0.4) is 0 Å². The second kappa shape index (κ2) is 7.04. The number of hydrogen-bond acceptors (Lipinski definition) is 6. The molecule has 0 saturated carbocycles. The predicted octanol–water partition coefficient (Wildman–Crippen LogP) is 2.39. The van der Waals surface area contributed by atoms with E-state index in [9.17, 15) is 9.59 Å². The van der Waals surface area contributed by atoms with E-state index in [0.717, 1.165) is 5.56 Å². The molecule has 6 nitrogen and oxygen atoms in total. The molecule has 124 valence electrons. The van der Waals surface area contributed by atoms with Crippen molar-refractivity contribution in [2.75, 3.05) is 20.5 Å². The second-order valence-corrected chi connectivity index (χ2v) is 5.18. The Labute approximate surface area is 138 Å². The highest BCUT2D eigenvalue weighted by atomic mass is 16.7. The normalized spacial score (nSPS) is 11.9. The first kappa shape index (κ1) is 15.9. The van der Waals surface area contributed by atoms with Crippen molar-refractivity contribution in [3.63, 3.8) is 0 Å². The molecule has 0 aliphatic carbocycles. The van der Waals surface area contributed by atoms with Crippen molar-refractivity contribution >= 4 is 11.8 Å². The Morgan fingerprint density at radius 2 is 1.79 bits per heavy atom. The summed E-state index contributed by atoms with van der Waals surface area (Å²) in [7, 11) is 1.57. The van der Waals surface area contributed by atoms with E-state index in [4.69, 9.17) is 18.9 Å². The fraction of sp³-hybridized carbons (Fsp3) is 0.222. The van der Waals surface area contributed by atoms with Gasteiger partial charge in [-0.3, -0.25) is 9.59 Å². The van der Waals surface area contributed by atoms with E-state index in [1.807, 2.05) is 0 Å². The topological polar surface area (TPSA) is 71.1 Å². The van der Waals surface area contributed by atoms with Crippen molar-refractivity contribution in [3.05, 3.63) is 53.6 Å². The molecule has 2 aromatic rings. The highest BCUT2D eigenvalue weighted by Gasteiger charge is 2.17. The van der Waals surface area contributed by atoms with E-state index >= 15 is 0 Å². The van der Waals surface area contributed by atoms with Crippen LogP contribution >= 0.6 is 0 Å². The Kier molecular flexibility index (Phi) is 4.65. The lowest BCUT2D eigenvalue weighted by molar-refractivity contribution is -0.141. The number of carbonyl (C=O) groups is 2. The number of esters is 1. The maximum absolute atomic E-state index is 12.1. The molecule has 0 atom stereocenters. The van der Waals surface area contributed by atoms with Gasteiger partial charge in [0.15, 0.2) is 23.9 Å². The molecule has 0 spiro atoms. The first-order chi connectivity index (χ1) is 11.7. The van der Waals surface area contributed by atoms with E-state index in [-0.39, 0.29) is 25.6 Å². The third-order valence-electron chi connectivity index (χ3n) is 3.57. The van der Waals surface area contributed by atoms with Gasteiger partial charge in [0, 0.05) is 5.56 Å². The second-order valence-electron chi connectivity index (χ2n) is 5.18. The van der Waals surface area contributed by atoms with Gasteiger partial charge >= 0.3 is 5.97 Å². The van der Waals surface area contributed by atoms with Crippen LogP contribution in [0.4, 0.5) is 0 Å². The molecule has 3 rings (SSSR count). The van der Waals surface area contributed by atoms with Gasteiger partial charge in [-0.1, -0.05) is 12.1 Å². The minimum atomic E-state index is -0.464. The summed E-state index contributed by atoms with van der Waals surface area (Å²) in [6.07, 6.45) is 0.0956. The van der Waals surface area contributed by atoms with E-state index in [0.29, 0.717) is 22.8 Å². The summed E-state index contributed by atoms with van der Waals surface area (Å²) < 4.78 is 20.5. The summed E-state index contributed by atoms with van der Waals surface area (Å²) in [5.74, 6) is 1.07. The van der Waals surface area contributed by atoms with Gasteiger partial charge in [0.2, 0.25) is 6.79 Å². The number of fused-ring (bicyclic) bond motifs is 1. The van der Waals surface area contributed by atoms with Crippen molar-refractivity contribution in [1.29, 1.82) is 0 Å². The SMILES string of the molecule is COc1ccc(CC(=O)OCC(=O)c2ccc3c(c2)OCO3)cc1. The van der Waals surface area contributed by atoms with Crippen LogP contribution in [0.1, 0.15) is 15.9 Å². The molecule has 1 heterocycles. The van der Waals surface area contributed by atoms with Crippen molar-refractivity contribution in [1.82, 2.24) is 0 Å². The van der Waals surface area contributed by atoms with Gasteiger partial charge in [-0.05, 0) is 35.9 Å². The number of hydrogen-bond donors (Lipinski definition) is 0. The molecule has 0 unspecified atom stereocenters. The number of benzene rings is 2. The number of ether oxygens (including phenoxy) is 4. The largest absolute Gasteiger partial charge is 0.497 e. The highest BCUT2D eigenvalue weighted by molar-refractivity contribution is 5.98. The van der Waals surface area contributed by atoms with Gasteiger partial charge < -0.3 is 18.9 Å². The van der Waals surface area contributed by atoms with Gasteiger partial charge in [0.25, 0.3) is 0 Å². The van der Waals surface area contributed by atoms with Crippen LogP contribution in [-0.2, 0) is 16.0 Å². The van der Waals surface area contributed by atoms with Gasteiger partial charge in [0.05, 0.1) is 13.5 Å². The predicted molar refractivity (Wildman–Crippen MR) is 84.6 cm³/mol. The summed E-state index contributed by atoms with van der Waals surface area (Å²) in [6, 6.07) is 11.9. The Balaban J connectivity index is 1.52. The first-order valence-electron chi connectivity index (χ1n) is 7.37. The summed E-state index contributed by atoms with van der Waals surface area (Å²) >= 11 is 0. The van der Waals surface area contributed by atoms with Crippen LogP contribution in [0, 0.1) is 0 Å². The molecule has 0 N–H and O–H groups in total. The molecule has 1 aliphatic rings. The van der Waals surface area contributed by atoms with Crippen molar-refractivity contribution < 1.29 is 28.5 Å². The number of carbonyl (C=O) groups excluding carboxylic acids is 2. The van der Waals surface area contributed by atoms with Crippen LogP contribution in [-0.4, -0.2) is 32.3 Å². The van der Waals surface area contributed by atoms with Crippen molar-refractivity contribution in [3.8, 4) is 17.2 Å². The minimum absolute atomic E-state index is 0.0956. The number of Topliss-reactive ketones (excluding diaryl/α,β-unsaturated/α-hetero) is 1. The van der Waals surface area contributed by atoms with Gasteiger partial charge in [-0.2, -0.15) is 0 Å². The summed E-state index contributed by atoms with van der Waals surface area (Å²) in [5.41, 5.74) is 1.20. The molecule has 6 heteroatoms. The smallest absolute Gasteiger partial charge is 0.310 e. The van der Waals surface area contributed by atoms with E-state index in [1.165, 1.54) is 0 Å². The Bertz CT molecular complexity index is 751. The number of rotatable bonds is 6. The quantitative estimate of drug-likeness (QED) is 0.599. The molecule has 0 radical (unpaired) electrons. The lowest BCUT2D eigenvalue weighted by Crippen LogP contribution is -2.15. The highest BCUT2D eigenvalue weighted by Crippen LogP contribution is 2.32. The van der Waals surface area contributed by atoms with Crippen LogP contribution in [0.15, 0.2) is 42.5 Å². The zero-order chi connectivity index (χ0) is 16.9. The van der Waals surface area contributed by atoms with E-state index in [1.54, 1.807) is 49.6 Å². The van der Waals surface area contributed by atoms with Crippen LogP contribution < -0.4 is 14.2 Å². The number of ketones is 1. The first-order valence-corrected chi connectivity index (χ1v) is 7.37. The Morgan fingerprint density at radius 1 is 1.04 bits per heavy atom. The molecule has 0 bridgehead atoms. The lowest BCUT2D eigenvalue weighted by Gasteiger charge is -2.06. The summed E-state index contributed by atoms with van der Waals surface area (Å²) in [6.45, 7) is -0.168. The molecule has 24 heavy (non-hydrogen) atoms. The minimum Gasteiger partial charge on any atom is -0.497 e.